The summed E-state index contributed by atoms with van der Waals surface area (Å²) in [5, 5.41) is 17.0. The number of pyridine rings is 2. The predicted octanol–water partition coefficient (Wildman–Crippen LogP) is -4.42. The molecule has 4 nitrogen and oxygen atoms in total. The van der Waals surface area contributed by atoms with Gasteiger partial charge in [-0.15, -0.1) is 0 Å². The molecule has 0 atom stereocenters. The number of hydrogen-bond donors (Lipinski definition) is 2. The number of nitrogens with zero attached hydrogens (tertiary/aromatic N) is 2. The van der Waals surface area contributed by atoms with Crippen LogP contribution in [0.3, 0.4) is 0 Å². The second kappa shape index (κ2) is 13.3. The van der Waals surface area contributed by atoms with Gasteiger partial charge in [0, 0.05) is 24.5 Å². The van der Waals surface area contributed by atoms with Crippen LogP contribution in [0.5, 0.6) is 11.8 Å². The van der Waals surface area contributed by atoms with Crippen LogP contribution in [-0.2, 0) is 21.7 Å². The van der Waals surface area contributed by atoms with Crippen LogP contribution in [0.2, 0.25) is 0 Å². The first-order chi connectivity index (χ1) is 6.79. The first-order valence-electron chi connectivity index (χ1n) is 3.99. The average Bonchev–Trinajstić information content (AvgIpc) is 2.21. The number of rotatable bonds is 0. The van der Waals surface area contributed by atoms with Crippen molar-refractivity contribution in [3.05, 3.63) is 48.8 Å². The third kappa shape index (κ3) is 11.5. The second-order valence-electron chi connectivity index (χ2n) is 2.38. The van der Waals surface area contributed by atoms with Crippen molar-refractivity contribution >= 4 is 0 Å². The van der Waals surface area contributed by atoms with Crippen LogP contribution < -0.4 is 24.8 Å². The molecule has 0 fully saturated rings. The molecule has 0 aliphatic carbocycles. The molecule has 0 spiro atoms. The molecular weight excluding hydrogens is 299 g/mol. The Balaban J connectivity index is -0.000000196. The predicted molar refractivity (Wildman–Crippen MR) is 51.8 cm³/mol. The summed E-state index contributed by atoms with van der Waals surface area (Å²) in [7, 11) is 0. The average molecular weight is 309 g/mol. The fourth-order valence-electron chi connectivity index (χ4n) is 0.707. The third-order valence-electron chi connectivity index (χ3n) is 1.30. The topological polar surface area (TPSA) is 66.2 Å². The van der Waals surface area contributed by atoms with E-state index in [1.54, 1.807) is 24.3 Å². The second-order valence-corrected chi connectivity index (χ2v) is 2.38. The molecule has 0 aromatic carbocycles. The molecule has 0 saturated heterocycles. The summed E-state index contributed by atoms with van der Waals surface area (Å²) in [6.45, 7) is 0. The van der Waals surface area contributed by atoms with Crippen molar-refractivity contribution in [1.29, 1.82) is 0 Å². The Labute approximate surface area is 127 Å². The van der Waals surface area contributed by atoms with E-state index in [0.29, 0.717) is 0 Å². The van der Waals surface area contributed by atoms with Gasteiger partial charge < -0.3 is 35.0 Å². The molecule has 0 amide bonds. The van der Waals surface area contributed by atoms with Gasteiger partial charge in [0.2, 0.25) is 11.8 Å². The van der Waals surface area contributed by atoms with E-state index in [0.717, 1.165) is 0 Å². The summed E-state index contributed by atoms with van der Waals surface area (Å²) >= 11 is 0. The molecule has 0 radical (unpaired) electrons. The zero-order valence-electron chi connectivity index (χ0n) is 8.66. The Bertz CT molecular complexity index is 328. The molecule has 7 heteroatoms. The minimum Gasteiger partial charge on any atom is -1.00 e. The maximum Gasteiger partial charge on any atom is 2.00 e. The van der Waals surface area contributed by atoms with Gasteiger partial charge in [-0.25, -0.2) is 9.97 Å². The van der Waals surface area contributed by atoms with Crippen molar-refractivity contribution in [1.82, 2.24) is 9.97 Å². The smallest absolute Gasteiger partial charge is 1.00 e. The van der Waals surface area contributed by atoms with Gasteiger partial charge in [-0.3, -0.25) is 0 Å². The van der Waals surface area contributed by atoms with E-state index in [2.05, 4.69) is 9.97 Å². The zero-order chi connectivity index (χ0) is 10.2. The molecule has 2 rings (SSSR count). The molecule has 2 heterocycles. The summed E-state index contributed by atoms with van der Waals surface area (Å²) < 4.78 is 0. The SMILES string of the molecule is Oc1ccccn1.Oc1ccccn1.[Cl-].[Cl-].[Ti+2]. The summed E-state index contributed by atoms with van der Waals surface area (Å²) in [6, 6.07) is 10.0. The third-order valence-corrected chi connectivity index (χ3v) is 1.30. The van der Waals surface area contributed by atoms with Gasteiger partial charge in [-0.05, 0) is 12.1 Å². The molecule has 0 bridgehead atoms. The molecule has 2 N–H and O–H groups in total. The molecule has 17 heavy (non-hydrogen) atoms. The molecule has 2 aromatic heterocycles. The van der Waals surface area contributed by atoms with E-state index in [1.165, 1.54) is 24.5 Å². The van der Waals surface area contributed by atoms with Gasteiger partial charge in [0.05, 0.1) is 0 Å². The summed E-state index contributed by atoms with van der Waals surface area (Å²) in [4.78, 5) is 7.07. The number of halogens is 2. The van der Waals surface area contributed by atoms with E-state index in [-0.39, 0.29) is 58.3 Å². The fraction of sp³-hybridized carbons (Fsp3) is 0. The van der Waals surface area contributed by atoms with Crippen molar-refractivity contribution in [3.8, 4) is 11.8 Å². The van der Waals surface area contributed by atoms with Gasteiger partial charge in [0.25, 0.3) is 0 Å². The quantitative estimate of drug-likeness (QED) is 0.482. The van der Waals surface area contributed by atoms with Gasteiger partial charge in [-0.2, -0.15) is 0 Å². The normalized spacial score (nSPS) is 7.06. The van der Waals surface area contributed by atoms with Crippen molar-refractivity contribution in [2.75, 3.05) is 0 Å². The van der Waals surface area contributed by atoms with Gasteiger partial charge >= 0.3 is 21.7 Å². The van der Waals surface area contributed by atoms with Crippen LogP contribution in [0.4, 0.5) is 0 Å². The Hall–Kier alpha value is -0.806. The number of aromatic nitrogens is 2. The molecule has 2 aromatic rings. The Morgan fingerprint density at radius 3 is 1.18 bits per heavy atom. The van der Waals surface area contributed by atoms with Crippen molar-refractivity contribution < 1.29 is 56.7 Å². The zero-order valence-corrected chi connectivity index (χ0v) is 11.7. The summed E-state index contributed by atoms with van der Waals surface area (Å²) in [5.41, 5.74) is 0. The van der Waals surface area contributed by atoms with E-state index in [9.17, 15) is 0 Å². The first-order valence-corrected chi connectivity index (χ1v) is 3.99. The largest absolute Gasteiger partial charge is 2.00 e. The van der Waals surface area contributed by atoms with Crippen LogP contribution in [-0.4, -0.2) is 20.2 Å². The maximum atomic E-state index is 8.52. The van der Waals surface area contributed by atoms with E-state index in [4.69, 9.17) is 10.2 Å². The first kappa shape index (κ1) is 21.5. The van der Waals surface area contributed by atoms with Crippen molar-refractivity contribution in [2.45, 2.75) is 0 Å². The number of hydrogen-bond acceptors (Lipinski definition) is 4. The van der Waals surface area contributed by atoms with E-state index < -0.39 is 0 Å². The number of aromatic hydroxyl groups is 2. The van der Waals surface area contributed by atoms with Crippen molar-refractivity contribution in [3.63, 3.8) is 0 Å². The van der Waals surface area contributed by atoms with E-state index >= 15 is 0 Å². The molecule has 0 saturated carbocycles. The van der Waals surface area contributed by atoms with Gasteiger partial charge in [0.15, 0.2) is 0 Å². The van der Waals surface area contributed by atoms with Crippen molar-refractivity contribution in [2.24, 2.45) is 0 Å². The fourth-order valence-corrected chi connectivity index (χ4v) is 0.707. The van der Waals surface area contributed by atoms with Crippen LogP contribution >= 0.6 is 0 Å². The molecule has 0 aliphatic rings. The molecular formula is C10H10Cl2N2O2Ti. The molecule has 90 valence electrons. The van der Waals surface area contributed by atoms with Gasteiger partial charge in [-0.1, -0.05) is 12.1 Å². The van der Waals surface area contributed by atoms with Crippen LogP contribution in [0.15, 0.2) is 48.8 Å². The molecule has 0 aliphatic heterocycles. The minimum atomic E-state index is 0. The Morgan fingerprint density at radius 1 is 0.706 bits per heavy atom. The Kier molecular flexibility index (Phi) is 16.8. The maximum absolute atomic E-state index is 8.52. The van der Waals surface area contributed by atoms with Crippen LogP contribution in [0, 0.1) is 0 Å². The summed E-state index contributed by atoms with van der Waals surface area (Å²) in [6.07, 6.45) is 3.07. The monoisotopic (exact) mass is 308 g/mol. The van der Waals surface area contributed by atoms with Crippen LogP contribution in [0.25, 0.3) is 0 Å². The minimum absolute atomic E-state index is 0. The van der Waals surface area contributed by atoms with Gasteiger partial charge in [0.1, 0.15) is 0 Å². The molecule has 0 unspecified atom stereocenters. The summed E-state index contributed by atoms with van der Waals surface area (Å²) in [5.74, 6) is 0.144. The van der Waals surface area contributed by atoms with Crippen LogP contribution in [0.1, 0.15) is 0 Å². The van der Waals surface area contributed by atoms with E-state index in [1.807, 2.05) is 0 Å². The Morgan fingerprint density at radius 2 is 1.06 bits per heavy atom. The standard InChI is InChI=1S/2C5H5NO.2ClH.Ti/c2*7-5-3-1-2-4-6-5;;;/h2*1-4H,(H,6,7);2*1H;/q;;;;+2/p-2.